The third-order valence-electron chi connectivity index (χ3n) is 5.03. The van der Waals surface area contributed by atoms with E-state index in [1.807, 2.05) is 12.1 Å². The lowest BCUT2D eigenvalue weighted by molar-refractivity contribution is -0.158. The van der Waals surface area contributed by atoms with Crippen LogP contribution in [0.25, 0.3) is 11.0 Å². The first-order valence-electron chi connectivity index (χ1n) is 10.9. The fourth-order valence-corrected chi connectivity index (χ4v) is 3.39. The lowest BCUT2D eigenvalue weighted by Crippen LogP contribution is -2.27. The van der Waals surface area contributed by atoms with Crippen LogP contribution in [0.3, 0.4) is 0 Å². The molecule has 1 atom stereocenters. The van der Waals surface area contributed by atoms with E-state index in [1.54, 1.807) is 70.0 Å². The van der Waals surface area contributed by atoms with Gasteiger partial charge in [0.05, 0.1) is 25.1 Å². The highest BCUT2D eigenvalue weighted by atomic mass is 16.6. The van der Waals surface area contributed by atoms with Gasteiger partial charge in [-0.15, -0.1) is 0 Å². The average Bonchev–Trinajstić information content (AvgIpc) is 2.76. The smallest absolute Gasteiger partial charge is 0.338 e. The molecule has 0 aliphatic rings. The van der Waals surface area contributed by atoms with Gasteiger partial charge in [0.2, 0.25) is 0 Å². The van der Waals surface area contributed by atoms with Gasteiger partial charge < -0.3 is 23.5 Å². The zero-order valence-corrected chi connectivity index (χ0v) is 20.2. The van der Waals surface area contributed by atoms with Crippen LogP contribution < -0.4 is 20.0 Å². The molecular weight excluding hydrogens is 438 g/mol. The van der Waals surface area contributed by atoms with E-state index >= 15 is 0 Å². The first kappa shape index (κ1) is 24.8. The van der Waals surface area contributed by atoms with Crippen LogP contribution in [-0.2, 0) is 14.3 Å². The summed E-state index contributed by atoms with van der Waals surface area (Å²) in [7, 11) is 3.26. The van der Waals surface area contributed by atoms with Crippen LogP contribution in [-0.4, -0.2) is 31.7 Å². The summed E-state index contributed by atoms with van der Waals surface area (Å²) < 4.78 is 21.5. The van der Waals surface area contributed by atoms with E-state index in [1.165, 1.54) is 13.2 Å². The number of fused-ring (bicyclic) bond motifs is 1. The van der Waals surface area contributed by atoms with E-state index in [-0.39, 0.29) is 12.2 Å². The average molecular weight is 468 g/mol. The Hall–Kier alpha value is -3.81. The molecule has 3 aromatic rings. The molecule has 2 aromatic carbocycles. The Labute approximate surface area is 198 Å². The van der Waals surface area contributed by atoms with Crippen molar-refractivity contribution in [3.63, 3.8) is 0 Å². The summed E-state index contributed by atoms with van der Waals surface area (Å²) in [6.07, 6.45) is -0.107. The minimum Gasteiger partial charge on any atom is -0.493 e. The molecule has 1 heterocycles. The van der Waals surface area contributed by atoms with Gasteiger partial charge in [0.15, 0.2) is 11.5 Å². The Balaban J connectivity index is 1.86. The number of carbonyl (C=O) groups excluding carboxylic acids is 2. The largest absolute Gasteiger partial charge is 0.493 e. The monoisotopic (exact) mass is 467 g/mol. The number of carbonyl (C=O) groups is 2. The van der Waals surface area contributed by atoms with Gasteiger partial charge in [-0.3, -0.25) is 9.59 Å². The second-order valence-electron chi connectivity index (χ2n) is 8.95. The second-order valence-corrected chi connectivity index (χ2v) is 8.95. The third kappa shape index (κ3) is 5.95. The van der Waals surface area contributed by atoms with E-state index in [9.17, 15) is 14.4 Å². The Morgan fingerprint density at radius 2 is 1.76 bits per heavy atom. The predicted molar refractivity (Wildman–Crippen MR) is 129 cm³/mol. The van der Waals surface area contributed by atoms with Crippen molar-refractivity contribution in [3.05, 3.63) is 59.0 Å². The maximum Gasteiger partial charge on any atom is 0.338 e. The SMILES string of the molecule is COc1ccc(N(C)c2cc(=O)oc3ccccc23)cc1OC(=O)C(C)CC(=O)OC(C)(C)C. The Bertz CT molecular complexity index is 1260. The number of para-hydroxylation sites is 1. The second kappa shape index (κ2) is 9.99. The van der Waals surface area contributed by atoms with Crippen molar-refractivity contribution in [2.45, 2.75) is 39.7 Å². The normalized spacial score (nSPS) is 12.2. The number of anilines is 2. The minimum atomic E-state index is -0.719. The van der Waals surface area contributed by atoms with Crippen molar-refractivity contribution >= 4 is 34.3 Å². The molecule has 0 amide bonds. The lowest BCUT2D eigenvalue weighted by atomic mass is 10.1. The zero-order chi connectivity index (χ0) is 25.0. The van der Waals surface area contributed by atoms with Gasteiger partial charge in [-0.05, 0) is 45.0 Å². The molecule has 8 heteroatoms. The highest BCUT2D eigenvalue weighted by molar-refractivity contribution is 5.92. The molecule has 8 nitrogen and oxygen atoms in total. The molecule has 0 bridgehead atoms. The highest BCUT2D eigenvalue weighted by Crippen LogP contribution is 2.36. The van der Waals surface area contributed by atoms with Crippen molar-refractivity contribution in [3.8, 4) is 11.5 Å². The van der Waals surface area contributed by atoms with Crippen LogP contribution in [0, 0.1) is 5.92 Å². The van der Waals surface area contributed by atoms with Gasteiger partial charge in [0, 0.05) is 30.3 Å². The van der Waals surface area contributed by atoms with Gasteiger partial charge in [-0.25, -0.2) is 4.79 Å². The Kier molecular flexibility index (Phi) is 7.29. The summed E-state index contributed by atoms with van der Waals surface area (Å²) in [5.74, 6) is -1.24. The molecule has 0 N–H and O–H groups in total. The quantitative estimate of drug-likeness (QED) is 0.277. The Morgan fingerprint density at radius 3 is 2.44 bits per heavy atom. The van der Waals surface area contributed by atoms with E-state index in [0.717, 1.165) is 5.39 Å². The van der Waals surface area contributed by atoms with Crippen LogP contribution >= 0.6 is 0 Å². The maximum atomic E-state index is 12.7. The standard InChI is InChI=1S/C26H29NO7/c1-16(13-24(29)34-26(2,3)4)25(30)33-22-14-17(11-12-21(22)31-6)27(5)19-15-23(28)32-20-10-8-7-9-18(19)20/h7-12,14-16H,13H2,1-6H3. The molecular formula is C26H29NO7. The molecule has 34 heavy (non-hydrogen) atoms. The van der Waals surface area contributed by atoms with Crippen molar-refractivity contribution in [1.82, 2.24) is 0 Å². The summed E-state index contributed by atoms with van der Waals surface area (Å²) in [6, 6.07) is 13.7. The first-order valence-corrected chi connectivity index (χ1v) is 10.9. The summed E-state index contributed by atoms with van der Waals surface area (Å²) >= 11 is 0. The van der Waals surface area contributed by atoms with Gasteiger partial charge in [-0.1, -0.05) is 19.1 Å². The number of nitrogens with zero attached hydrogens (tertiary/aromatic N) is 1. The van der Waals surface area contributed by atoms with Crippen LogP contribution in [0.5, 0.6) is 11.5 Å². The molecule has 0 aliphatic carbocycles. The lowest BCUT2D eigenvalue weighted by Gasteiger charge is -2.22. The molecule has 0 fully saturated rings. The van der Waals surface area contributed by atoms with E-state index < -0.39 is 29.1 Å². The van der Waals surface area contributed by atoms with Crippen molar-refractivity contribution in [2.24, 2.45) is 5.92 Å². The van der Waals surface area contributed by atoms with Crippen molar-refractivity contribution in [2.75, 3.05) is 19.1 Å². The summed E-state index contributed by atoms with van der Waals surface area (Å²) in [6.45, 7) is 6.89. The number of ether oxygens (including phenoxy) is 3. The zero-order valence-electron chi connectivity index (χ0n) is 20.2. The maximum absolute atomic E-state index is 12.7. The topological polar surface area (TPSA) is 95.3 Å². The molecule has 0 spiro atoms. The summed E-state index contributed by atoms with van der Waals surface area (Å²) in [5.41, 5.74) is 0.637. The minimum absolute atomic E-state index is 0.107. The molecule has 0 aliphatic heterocycles. The molecule has 0 saturated heterocycles. The highest BCUT2D eigenvalue weighted by Gasteiger charge is 2.25. The van der Waals surface area contributed by atoms with Crippen LogP contribution in [0.1, 0.15) is 34.1 Å². The first-order chi connectivity index (χ1) is 16.0. The molecule has 1 aromatic heterocycles. The molecule has 1 unspecified atom stereocenters. The number of esters is 2. The molecule has 0 saturated carbocycles. The molecule has 180 valence electrons. The van der Waals surface area contributed by atoms with Gasteiger partial charge in [0.25, 0.3) is 0 Å². The Morgan fingerprint density at radius 1 is 1.06 bits per heavy atom. The number of rotatable bonds is 7. The van der Waals surface area contributed by atoms with Gasteiger partial charge in [-0.2, -0.15) is 0 Å². The predicted octanol–water partition coefficient (Wildman–Crippen LogP) is 4.84. The fourth-order valence-electron chi connectivity index (χ4n) is 3.39. The molecule has 0 radical (unpaired) electrons. The van der Waals surface area contributed by atoms with Gasteiger partial charge >= 0.3 is 17.6 Å². The van der Waals surface area contributed by atoms with Crippen molar-refractivity contribution in [1.29, 1.82) is 0 Å². The fraction of sp³-hybridized carbons (Fsp3) is 0.346. The number of hydrogen-bond acceptors (Lipinski definition) is 8. The van der Waals surface area contributed by atoms with E-state index in [2.05, 4.69) is 0 Å². The third-order valence-corrected chi connectivity index (χ3v) is 5.03. The number of hydrogen-bond donors (Lipinski definition) is 0. The van der Waals surface area contributed by atoms with Crippen molar-refractivity contribution < 1.29 is 28.2 Å². The number of methoxy groups -OCH3 is 1. The van der Waals surface area contributed by atoms with E-state index in [4.69, 9.17) is 18.6 Å². The van der Waals surface area contributed by atoms with Gasteiger partial charge in [0.1, 0.15) is 11.2 Å². The summed E-state index contributed by atoms with van der Waals surface area (Å²) in [4.78, 5) is 38.7. The van der Waals surface area contributed by atoms with Crippen LogP contribution in [0.15, 0.2) is 57.7 Å². The summed E-state index contributed by atoms with van der Waals surface area (Å²) in [5, 5.41) is 0.755. The molecule has 3 rings (SSSR count). The van der Waals surface area contributed by atoms with Crippen LogP contribution in [0.2, 0.25) is 0 Å². The van der Waals surface area contributed by atoms with Crippen LogP contribution in [0.4, 0.5) is 11.4 Å². The van der Waals surface area contributed by atoms with E-state index in [0.29, 0.717) is 22.7 Å². The number of benzene rings is 2.